The summed E-state index contributed by atoms with van der Waals surface area (Å²) in [6, 6.07) is 48.4. The van der Waals surface area contributed by atoms with Gasteiger partial charge in [-0.15, -0.1) is 0 Å². The van der Waals surface area contributed by atoms with Gasteiger partial charge in [0.1, 0.15) is 11.5 Å². The maximum atomic E-state index is 6.78. The average molecular weight is 495 g/mol. The van der Waals surface area contributed by atoms with E-state index in [0.29, 0.717) is 0 Å². The summed E-state index contributed by atoms with van der Waals surface area (Å²) in [5.41, 5.74) is 4.65. The summed E-state index contributed by atoms with van der Waals surface area (Å²) in [4.78, 5) is 0. The number of ether oxygens (including phenoxy) is 1. The Morgan fingerprint density at radius 2 is 1.03 bits per heavy atom. The highest BCUT2D eigenvalue weighted by Gasteiger charge is 2.24. The van der Waals surface area contributed by atoms with Crippen LogP contribution in [0, 0.1) is 0 Å². The van der Waals surface area contributed by atoms with Crippen LogP contribution in [0.3, 0.4) is 0 Å². The van der Waals surface area contributed by atoms with Crippen LogP contribution in [0.15, 0.2) is 133 Å². The fourth-order valence-corrected chi connectivity index (χ4v) is 6.55. The quantitative estimate of drug-likeness (QED) is 0.163. The Balaban J connectivity index is 1.28. The van der Waals surface area contributed by atoms with E-state index in [2.05, 4.69) is 133 Å². The molecule has 0 amide bonds. The van der Waals surface area contributed by atoms with E-state index in [4.69, 9.17) is 4.74 Å². The second-order valence-electron chi connectivity index (χ2n) is 10.5. The summed E-state index contributed by atoms with van der Waals surface area (Å²) < 4.78 is 6.78. The lowest BCUT2D eigenvalue weighted by molar-refractivity contribution is 0.489. The highest BCUT2D eigenvalue weighted by atomic mass is 16.5. The van der Waals surface area contributed by atoms with Gasteiger partial charge in [-0.3, -0.25) is 0 Å². The number of hydrogen-bond donors (Lipinski definition) is 0. The highest BCUT2D eigenvalue weighted by molar-refractivity contribution is 6.17. The Kier molecular flexibility index (Phi) is 4.11. The topological polar surface area (TPSA) is 9.23 Å². The zero-order valence-electron chi connectivity index (χ0n) is 21.1. The number of benzene rings is 8. The predicted molar refractivity (Wildman–Crippen MR) is 165 cm³/mol. The van der Waals surface area contributed by atoms with Crippen LogP contribution in [0.4, 0.5) is 0 Å². The Morgan fingerprint density at radius 1 is 0.359 bits per heavy atom. The van der Waals surface area contributed by atoms with Gasteiger partial charge >= 0.3 is 0 Å². The van der Waals surface area contributed by atoms with Gasteiger partial charge in [0.05, 0.1) is 0 Å². The molecule has 0 aromatic heterocycles. The molecule has 0 spiro atoms. The van der Waals surface area contributed by atoms with Crippen molar-refractivity contribution in [3.63, 3.8) is 0 Å². The van der Waals surface area contributed by atoms with Crippen molar-refractivity contribution in [1.82, 2.24) is 0 Å². The first-order chi connectivity index (χ1) is 19.3. The van der Waals surface area contributed by atoms with E-state index in [1.165, 1.54) is 59.4 Å². The van der Waals surface area contributed by atoms with Gasteiger partial charge in [0.15, 0.2) is 0 Å². The van der Waals surface area contributed by atoms with Gasteiger partial charge in [0.2, 0.25) is 0 Å². The Bertz CT molecular complexity index is 2310. The number of para-hydroxylation sites is 1. The van der Waals surface area contributed by atoms with Gasteiger partial charge < -0.3 is 4.74 Å². The molecule has 8 aromatic carbocycles. The Hall–Kier alpha value is -5.14. The second kappa shape index (κ2) is 7.69. The third-order valence-electron chi connectivity index (χ3n) is 8.38. The van der Waals surface area contributed by atoms with Gasteiger partial charge in [0, 0.05) is 16.5 Å². The zero-order chi connectivity index (χ0) is 25.5. The van der Waals surface area contributed by atoms with Gasteiger partial charge in [-0.1, -0.05) is 109 Å². The maximum Gasteiger partial charge on any atom is 0.143 e. The van der Waals surface area contributed by atoms with E-state index in [1.54, 1.807) is 0 Å². The summed E-state index contributed by atoms with van der Waals surface area (Å²) in [6.07, 6.45) is 0. The molecule has 1 aliphatic rings. The minimum absolute atomic E-state index is 0.928. The van der Waals surface area contributed by atoms with Crippen molar-refractivity contribution < 1.29 is 4.74 Å². The summed E-state index contributed by atoms with van der Waals surface area (Å²) >= 11 is 0. The molecule has 1 aliphatic heterocycles. The van der Waals surface area contributed by atoms with E-state index >= 15 is 0 Å². The molecule has 0 saturated carbocycles. The number of rotatable bonds is 1. The van der Waals surface area contributed by atoms with Crippen LogP contribution in [0.1, 0.15) is 0 Å². The standard InChI is InChI=1S/C38H22O/c1-3-9-29-23(7-1)15-17-27-19-24-16-18-26(20-28(24)21-35(27)29)31-11-5-14-34-33-13-6-12-32-30-10-4-2-8-25(30)22-36(37(32)33)39-38(31)34/h1-22H. The van der Waals surface area contributed by atoms with E-state index in [9.17, 15) is 0 Å². The summed E-state index contributed by atoms with van der Waals surface area (Å²) in [7, 11) is 0. The first-order valence-electron chi connectivity index (χ1n) is 13.4. The van der Waals surface area contributed by atoms with Crippen LogP contribution in [-0.4, -0.2) is 0 Å². The molecule has 0 saturated heterocycles. The molecule has 180 valence electrons. The minimum Gasteiger partial charge on any atom is -0.455 e. The first kappa shape index (κ1) is 20.9. The lowest BCUT2D eigenvalue weighted by Gasteiger charge is -2.24. The van der Waals surface area contributed by atoms with Crippen molar-refractivity contribution >= 4 is 53.9 Å². The predicted octanol–water partition coefficient (Wildman–Crippen LogP) is 10.9. The molecule has 0 radical (unpaired) electrons. The number of fused-ring (bicyclic) bond motifs is 8. The molecular formula is C38H22O. The van der Waals surface area contributed by atoms with Gasteiger partial charge in [-0.05, 0) is 83.9 Å². The molecule has 9 rings (SSSR count). The van der Waals surface area contributed by atoms with Crippen LogP contribution in [0.5, 0.6) is 11.5 Å². The fraction of sp³-hybridized carbons (Fsp3) is 0. The van der Waals surface area contributed by atoms with Crippen molar-refractivity contribution in [3.8, 4) is 33.8 Å². The van der Waals surface area contributed by atoms with E-state index < -0.39 is 0 Å². The SMILES string of the molecule is c1cc(-c2ccc3cc4ccc5ccccc5c4cc3c2)c2c(c1)-c1cccc3c1c(cc1ccccc13)O2. The number of hydrogen-bond acceptors (Lipinski definition) is 1. The Labute approximate surface area is 225 Å². The molecule has 39 heavy (non-hydrogen) atoms. The van der Waals surface area contributed by atoms with Crippen molar-refractivity contribution in [2.75, 3.05) is 0 Å². The highest BCUT2D eigenvalue weighted by Crippen LogP contribution is 2.51. The van der Waals surface area contributed by atoms with Gasteiger partial charge in [-0.2, -0.15) is 0 Å². The zero-order valence-corrected chi connectivity index (χ0v) is 21.1. The molecule has 0 aliphatic carbocycles. The monoisotopic (exact) mass is 494 g/mol. The largest absolute Gasteiger partial charge is 0.455 e. The molecule has 8 aromatic rings. The summed E-state index contributed by atoms with van der Waals surface area (Å²) in [5.74, 6) is 1.86. The fourth-order valence-electron chi connectivity index (χ4n) is 6.55. The van der Waals surface area contributed by atoms with Crippen LogP contribution < -0.4 is 4.74 Å². The molecular weight excluding hydrogens is 472 g/mol. The summed E-state index contributed by atoms with van der Waals surface area (Å²) in [5, 5.41) is 12.5. The van der Waals surface area contributed by atoms with Crippen LogP contribution in [0.2, 0.25) is 0 Å². The normalized spacial score (nSPS) is 12.3. The molecule has 1 nitrogen and oxygen atoms in total. The van der Waals surface area contributed by atoms with E-state index in [1.807, 2.05) is 0 Å². The van der Waals surface area contributed by atoms with Crippen LogP contribution >= 0.6 is 0 Å². The third kappa shape index (κ3) is 2.96. The smallest absolute Gasteiger partial charge is 0.143 e. The lowest BCUT2D eigenvalue weighted by Crippen LogP contribution is -1.99. The molecule has 0 unspecified atom stereocenters. The minimum atomic E-state index is 0.928. The van der Waals surface area contributed by atoms with Gasteiger partial charge in [0.25, 0.3) is 0 Å². The van der Waals surface area contributed by atoms with Crippen LogP contribution in [-0.2, 0) is 0 Å². The first-order valence-corrected chi connectivity index (χ1v) is 13.4. The molecule has 0 N–H and O–H groups in total. The summed E-state index contributed by atoms with van der Waals surface area (Å²) in [6.45, 7) is 0. The molecule has 0 bridgehead atoms. The Morgan fingerprint density at radius 3 is 1.95 bits per heavy atom. The second-order valence-corrected chi connectivity index (χ2v) is 10.5. The van der Waals surface area contributed by atoms with E-state index in [-0.39, 0.29) is 0 Å². The molecule has 0 fully saturated rings. The molecule has 1 heteroatoms. The molecule has 0 atom stereocenters. The van der Waals surface area contributed by atoms with Crippen molar-refractivity contribution in [2.24, 2.45) is 0 Å². The van der Waals surface area contributed by atoms with Crippen molar-refractivity contribution in [3.05, 3.63) is 133 Å². The van der Waals surface area contributed by atoms with Crippen molar-refractivity contribution in [1.29, 1.82) is 0 Å². The maximum absolute atomic E-state index is 6.78. The average Bonchev–Trinajstić information content (AvgIpc) is 3.00. The van der Waals surface area contributed by atoms with Gasteiger partial charge in [-0.25, -0.2) is 0 Å². The third-order valence-corrected chi connectivity index (χ3v) is 8.38. The van der Waals surface area contributed by atoms with Crippen LogP contribution in [0.25, 0.3) is 76.1 Å². The van der Waals surface area contributed by atoms with Crippen molar-refractivity contribution in [2.45, 2.75) is 0 Å². The lowest BCUT2D eigenvalue weighted by atomic mass is 9.89. The molecule has 1 heterocycles. The van der Waals surface area contributed by atoms with E-state index in [0.717, 1.165) is 28.2 Å².